The van der Waals surface area contributed by atoms with E-state index in [1.54, 1.807) is 17.0 Å². The highest BCUT2D eigenvalue weighted by atomic mass is 32.2. The van der Waals surface area contributed by atoms with E-state index in [1.165, 1.54) is 36.0 Å². The van der Waals surface area contributed by atoms with E-state index in [9.17, 15) is 27.2 Å². The summed E-state index contributed by atoms with van der Waals surface area (Å²) in [6.07, 6.45) is -1.46. The molecule has 0 saturated heterocycles. The van der Waals surface area contributed by atoms with Crippen molar-refractivity contribution in [1.82, 2.24) is 14.5 Å². The smallest absolute Gasteiger partial charge is 0.337 e. The minimum Gasteiger partial charge on any atom is -0.337 e. The van der Waals surface area contributed by atoms with Crippen molar-refractivity contribution in [3.8, 4) is 11.1 Å². The third-order valence-corrected chi connectivity index (χ3v) is 8.54. The van der Waals surface area contributed by atoms with E-state index in [4.69, 9.17) is 0 Å². The van der Waals surface area contributed by atoms with E-state index in [0.29, 0.717) is 48.0 Å². The number of aromatic nitrogens is 2. The number of nitrogens with zero attached hydrogens (tertiary/aromatic N) is 3. The van der Waals surface area contributed by atoms with Crippen LogP contribution in [0, 0.1) is 5.82 Å². The third-order valence-electron chi connectivity index (χ3n) is 7.49. The number of hydrogen-bond donors (Lipinski definition) is 0. The molecule has 3 aromatic carbocycles. The Morgan fingerprint density at radius 3 is 2.19 bits per heavy atom. The lowest BCUT2D eigenvalue weighted by atomic mass is 10.0. The molecular formula is C33H31F4N3O2S. The topological polar surface area (TPSA) is 55.2 Å². The molecule has 0 spiro atoms. The lowest BCUT2D eigenvalue weighted by Crippen LogP contribution is -2.35. The second-order valence-electron chi connectivity index (χ2n) is 10.6. The SMILES string of the molecule is CCCN(Cc1ccc(-c2ccc(C(F)(F)F)cc2)cc1)C(=O)Cn1c(SCc2ccc(F)cc2)nc(=O)c2c1CCC2. The molecule has 1 aliphatic rings. The van der Waals surface area contributed by atoms with Gasteiger partial charge in [0.2, 0.25) is 5.91 Å². The Labute approximate surface area is 251 Å². The molecule has 5 rings (SSSR count). The number of carbonyl (C=O) groups excluding carboxylic acids is 1. The molecule has 1 heterocycles. The zero-order valence-corrected chi connectivity index (χ0v) is 24.5. The van der Waals surface area contributed by atoms with Crippen LogP contribution in [0.15, 0.2) is 82.7 Å². The summed E-state index contributed by atoms with van der Waals surface area (Å²) in [4.78, 5) is 32.6. The van der Waals surface area contributed by atoms with Gasteiger partial charge in [-0.15, -0.1) is 0 Å². The fourth-order valence-electron chi connectivity index (χ4n) is 5.26. The van der Waals surface area contributed by atoms with Gasteiger partial charge in [0.15, 0.2) is 5.16 Å². The highest BCUT2D eigenvalue weighted by Crippen LogP contribution is 2.31. The predicted molar refractivity (Wildman–Crippen MR) is 159 cm³/mol. The Hall–Kier alpha value is -3.92. The summed E-state index contributed by atoms with van der Waals surface area (Å²) < 4.78 is 54.0. The molecule has 0 N–H and O–H groups in total. The average Bonchev–Trinajstić information content (AvgIpc) is 3.49. The van der Waals surface area contributed by atoms with E-state index in [-0.39, 0.29) is 23.8 Å². The largest absolute Gasteiger partial charge is 0.416 e. The summed E-state index contributed by atoms with van der Waals surface area (Å²) in [6, 6.07) is 18.6. The van der Waals surface area contributed by atoms with Crippen LogP contribution in [0.25, 0.3) is 11.1 Å². The third kappa shape index (κ3) is 7.36. The van der Waals surface area contributed by atoms with Gasteiger partial charge in [0, 0.05) is 30.1 Å². The van der Waals surface area contributed by atoms with Crippen molar-refractivity contribution in [2.75, 3.05) is 6.54 Å². The second kappa shape index (κ2) is 13.2. The number of fused-ring (bicyclic) bond motifs is 1. The fourth-order valence-corrected chi connectivity index (χ4v) is 6.23. The number of alkyl halides is 3. The highest BCUT2D eigenvalue weighted by molar-refractivity contribution is 7.98. The maximum Gasteiger partial charge on any atom is 0.416 e. The van der Waals surface area contributed by atoms with Gasteiger partial charge < -0.3 is 9.47 Å². The molecule has 1 amide bonds. The molecule has 5 nitrogen and oxygen atoms in total. The molecule has 43 heavy (non-hydrogen) atoms. The number of benzene rings is 3. The van der Waals surface area contributed by atoms with Gasteiger partial charge in [-0.25, -0.2) is 4.39 Å². The maximum atomic E-state index is 13.7. The normalized spacial score (nSPS) is 12.8. The Morgan fingerprint density at radius 1 is 0.930 bits per heavy atom. The van der Waals surface area contributed by atoms with E-state index in [2.05, 4.69) is 4.98 Å². The summed E-state index contributed by atoms with van der Waals surface area (Å²) in [5, 5.41) is 0.473. The molecule has 4 aromatic rings. The van der Waals surface area contributed by atoms with Crippen LogP contribution in [-0.4, -0.2) is 26.9 Å². The van der Waals surface area contributed by atoms with Crippen molar-refractivity contribution in [3.63, 3.8) is 0 Å². The summed E-state index contributed by atoms with van der Waals surface area (Å²) in [7, 11) is 0. The monoisotopic (exact) mass is 609 g/mol. The van der Waals surface area contributed by atoms with E-state index < -0.39 is 11.7 Å². The van der Waals surface area contributed by atoms with Gasteiger partial charge in [-0.2, -0.15) is 18.2 Å². The first-order valence-corrected chi connectivity index (χ1v) is 15.1. The molecule has 0 atom stereocenters. The van der Waals surface area contributed by atoms with Gasteiger partial charge in [0.1, 0.15) is 12.4 Å². The molecule has 1 aromatic heterocycles. The van der Waals surface area contributed by atoms with Crippen LogP contribution < -0.4 is 5.56 Å². The Kier molecular flexibility index (Phi) is 9.34. The summed E-state index contributed by atoms with van der Waals surface area (Å²) in [5.74, 6) is 0.0536. The van der Waals surface area contributed by atoms with Crippen LogP contribution in [0.1, 0.15) is 47.7 Å². The number of amides is 1. The molecule has 0 unspecified atom stereocenters. The standard InChI is InChI=1S/C33H31F4N3O2S/c1-2-18-39(19-22-6-10-24(11-7-22)25-12-14-26(15-13-25)33(35,36)37)30(41)20-40-29-5-3-4-28(29)31(42)38-32(40)43-21-23-8-16-27(34)17-9-23/h6-17H,2-5,18-21H2,1H3. The molecular weight excluding hydrogens is 578 g/mol. The van der Waals surface area contributed by atoms with Crippen LogP contribution in [-0.2, 0) is 42.7 Å². The van der Waals surface area contributed by atoms with Gasteiger partial charge in [0.05, 0.1) is 5.56 Å². The molecule has 0 radical (unpaired) electrons. The van der Waals surface area contributed by atoms with Crippen LogP contribution in [0.5, 0.6) is 0 Å². The Morgan fingerprint density at radius 2 is 1.56 bits per heavy atom. The van der Waals surface area contributed by atoms with Gasteiger partial charge in [-0.1, -0.05) is 67.2 Å². The lowest BCUT2D eigenvalue weighted by Gasteiger charge is -2.25. The zero-order valence-electron chi connectivity index (χ0n) is 23.7. The first kappa shape index (κ1) is 30.5. The molecule has 1 aliphatic carbocycles. The molecule has 0 saturated carbocycles. The first-order valence-electron chi connectivity index (χ1n) is 14.2. The van der Waals surface area contributed by atoms with Gasteiger partial charge >= 0.3 is 6.18 Å². The van der Waals surface area contributed by atoms with E-state index in [0.717, 1.165) is 47.4 Å². The molecule has 0 bridgehead atoms. The molecule has 0 fully saturated rings. The number of rotatable bonds is 10. The number of halogens is 4. The number of thioether (sulfide) groups is 1. The molecule has 10 heteroatoms. The minimum atomic E-state index is -4.38. The Bertz CT molecular complexity index is 1630. The quantitative estimate of drug-likeness (QED) is 0.108. The minimum absolute atomic E-state index is 0.0466. The van der Waals surface area contributed by atoms with Crippen molar-refractivity contribution in [2.24, 2.45) is 0 Å². The summed E-state index contributed by atoms with van der Waals surface area (Å²) in [5.41, 5.74) is 3.80. The zero-order chi connectivity index (χ0) is 30.6. The summed E-state index contributed by atoms with van der Waals surface area (Å²) >= 11 is 1.36. The lowest BCUT2D eigenvalue weighted by molar-refractivity contribution is -0.137. The van der Waals surface area contributed by atoms with Crippen molar-refractivity contribution in [2.45, 2.75) is 62.8 Å². The van der Waals surface area contributed by atoms with Gasteiger partial charge in [0.25, 0.3) is 5.56 Å². The van der Waals surface area contributed by atoms with Crippen LogP contribution in [0.4, 0.5) is 17.6 Å². The summed E-state index contributed by atoms with van der Waals surface area (Å²) in [6.45, 7) is 2.95. The van der Waals surface area contributed by atoms with Crippen molar-refractivity contribution < 1.29 is 22.4 Å². The van der Waals surface area contributed by atoms with Crippen LogP contribution >= 0.6 is 11.8 Å². The van der Waals surface area contributed by atoms with Crippen LogP contribution in [0.3, 0.4) is 0 Å². The first-order chi connectivity index (χ1) is 20.6. The Balaban J connectivity index is 1.33. The van der Waals surface area contributed by atoms with Gasteiger partial charge in [-0.05, 0) is 72.2 Å². The average molecular weight is 610 g/mol. The van der Waals surface area contributed by atoms with Crippen molar-refractivity contribution >= 4 is 17.7 Å². The highest BCUT2D eigenvalue weighted by Gasteiger charge is 2.30. The molecule has 0 aliphatic heterocycles. The second-order valence-corrected chi connectivity index (χ2v) is 11.5. The van der Waals surface area contributed by atoms with Crippen molar-refractivity contribution in [3.05, 3.63) is 117 Å². The van der Waals surface area contributed by atoms with Crippen LogP contribution in [0.2, 0.25) is 0 Å². The van der Waals surface area contributed by atoms with Crippen molar-refractivity contribution in [1.29, 1.82) is 0 Å². The number of hydrogen-bond acceptors (Lipinski definition) is 4. The maximum absolute atomic E-state index is 13.7. The van der Waals surface area contributed by atoms with E-state index in [1.807, 2.05) is 35.8 Å². The van der Waals surface area contributed by atoms with Gasteiger partial charge in [-0.3, -0.25) is 9.59 Å². The number of carbonyl (C=O) groups is 1. The fraction of sp³-hybridized carbons (Fsp3) is 0.303. The molecule has 224 valence electrons. The van der Waals surface area contributed by atoms with E-state index >= 15 is 0 Å². The predicted octanol–water partition coefficient (Wildman–Crippen LogP) is 7.29.